The topological polar surface area (TPSA) is 92.7 Å². The van der Waals surface area contributed by atoms with Crippen LogP contribution >= 0.6 is 11.8 Å². The number of aryl methyl sites for hydroxylation is 2. The number of fused-ring (bicyclic) bond motifs is 1. The largest absolute Gasteiger partial charge is 0.309 e. The molecular weight excluding hydrogens is 398 g/mol. The van der Waals surface area contributed by atoms with E-state index in [9.17, 15) is 9.59 Å². The maximum absolute atomic E-state index is 13.6. The van der Waals surface area contributed by atoms with Crippen LogP contribution in [0, 0.1) is 13.8 Å². The number of carbonyl (C=O) groups excluding carboxylic acids is 1. The molecule has 0 unspecified atom stereocenters. The number of hydrogen-bond donors (Lipinski definition) is 2. The number of nitrogens with one attached hydrogen (secondary N) is 2. The molecule has 2 N–H and O–H groups in total. The van der Waals surface area contributed by atoms with Gasteiger partial charge < -0.3 is 5.32 Å². The van der Waals surface area contributed by atoms with E-state index in [0.717, 1.165) is 21.6 Å². The van der Waals surface area contributed by atoms with Crippen LogP contribution in [0.2, 0.25) is 0 Å². The van der Waals surface area contributed by atoms with E-state index in [0.29, 0.717) is 17.2 Å². The minimum absolute atomic E-state index is 0.178. The summed E-state index contributed by atoms with van der Waals surface area (Å²) in [4.78, 5) is 31.0. The molecule has 0 saturated heterocycles. The van der Waals surface area contributed by atoms with Crippen molar-refractivity contribution in [2.75, 3.05) is 11.6 Å². The maximum Gasteiger partial charge on any atom is 0.271 e. The smallest absolute Gasteiger partial charge is 0.271 e. The second kappa shape index (κ2) is 7.79. The Balaban J connectivity index is 2.05. The number of benzene rings is 2. The molecule has 1 amide bonds. The molecule has 7 nitrogen and oxygen atoms in total. The molecule has 0 bridgehead atoms. The Kier molecular flexibility index (Phi) is 5.17. The molecule has 2 heterocycles. The zero-order valence-electron chi connectivity index (χ0n) is 17.1. The van der Waals surface area contributed by atoms with Crippen LogP contribution in [0.25, 0.3) is 28.1 Å². The fourth-order valence-corrected chi connectivity index (χ4v) is 3.68. The summed E-state index contributed by atoms with van der Waals surface area (Å²) < 4.78 is 1.57. The molecule has 0 radical (unpaired) electrons. The Hall–Kier alpha value is -3.39. The van der Waals surface area contributed by atoms with Gasteiger partial charge in [-0.1, -0.05) is 18.2 Å². The van der Waals surface area contributed by atoms with Gasteiger partial charge in [-0.3, -0.25) is 19.3 Å². The van der Waals surface area contributed by atoms with Gasteiger partial charge in [-0.15, -0.1) is 11.8 Å². The van der Waals surface area contributed by atoms with Crippen LogP contribution in [0.5, 0.6) is 0 Å². The summed E-state index contributed by atoms with van der Waals surface area (Å²) in [5.74, 6) is 0.371. The number of H-pyrrole nitrogens is 1. The molecule has 0 aliphatic rings. The lowest BCUT2D eigenvalue weighted by atomic mass is 10.1. The van der Waals surface area contributed by atoms with E-state index in [1.807, 2.05) is 62.6 Å². The highest BCUT2D eigenvalue weighted by Gasteiger charge is 2.20. The van der Waals surface area contributed by atoms with Crippen LogP contribution < -0.4 is 10.9 Å². The van der Waals surface area contributed by atoms with Gasteiger partial charge in [0.25, 0.3) is 5.56 Å². The second-order valence-corrected chi connectivity index (χ2v) is 7.93. The first kappa shape index (κ1) is 19.9. The molecule has 8 heteroatoms. The number of hydrogen-bond acceptors (Lipinski definition) is 5. The average molecular weight is 420 g/mol. The Morgan fingerprint density at radius 3 is 2.47 bits per heavy atom. The Labute approximate surface area is 177 Å². The van der Waals surface area contributed by atoms with E-state index in [1.165, 1.54) is 6.92 Å². The summed E-state index contributed by atoms with van der Waals surface area (Å²) in [5.41, 5.74) is 3.74. The normalized spacial score (nSPS) is 11.1. The van der Waals surface area contributed by atoms with Crippen LogP contribution in [-0.4, -0.2) is 31.9 Å². The van der Waals surface area contributed by atoms with E-state index in [1.54, 1.807) is 16.3 Å². The summed E-state index contributed by atoms with van der Waals surface area (Å²) in [5, 5.41) is 9.71. The summed E-state index contributed by atoms with van der Waals surface area (Å²) >= 11 is 1.65. The number of aromatic nitrogens is 4. The summed E-state index contributed by atoms with van der Waals surface area (Å²) in [7, 11) is 0. The fourth-order valence-electron chi connectivity index (χ4n) is 3.28. The van der Waals surface area contributed by atoms with Crippen molar-refractivity contribution in [1.29, 1.82) is 0 Å². The van der Waals surface area contributed by atoms with E-state index >= 15 is 0 Å². The highest BCUT2D eigenvalue weighted by molar-refractivity contribution is 7.98. The molecule has 0 fully saturated rings. The van der Waals surface area contributed by atoms with Gasteiger partial charge in [0.05, 0.1) is 5.69 Å². The van der Waals surface area contributed by atoms with E-state index < -0.39 is 0 Å². The first-order chi connectivity index (χ1) is 14.4. The van der Waals surface area contributed by atoms with Gasteiger partial charge >= 0.3 is 0 Å². The van der Waals surface area contributed by atoms with Crippen molar-refractivity contribution in [3.63, 3.8) is 0 Å². The molecule has 0 saturated carbocycles. The van der Waals surface area contributed by atoms with E-state index in [-0.39, 0.29) is 22.7 Å². The zero-order chi connectivity index (χ0) is 21.4. The average Bonchev–Trinajstić information content (AvgIpc) is 3.12. The summed E-state index contributed by atoms with van der Waals surface area (Å²) in [6, 6.07) is 13.7. The Morgan fingerprint density at radius 1 is 1.10 bits per heavy atom. The summed E-state index contributed by atoms with van der Waals surface area (Å²) in [6.45, 7) is 5.40. The molecule has 2 aromatic carbocycles. The predicted octanol–water partition coefficient (Wildman–Crippen LogP) is 4.07. The van der Waals surface area contributed by atoms with Crippen molar-refractivity contribution in [2.24, 2.45) is 0 Å². The highest BCUT2D eigenvalue weighted by atomic mass is 32.2. The van der Waals surface area contributed by atoms with Crippen molar-refractivity contribution in [1.82, 2.24) is 19.7 Å². The minimum Gasteiger partial charge on any atom is -0.309 e. The van der Waals surface area contributed by atoms with E-state index in [2.05, 4.69) is 15.5 Å². The quantitative estimate of drug-likeness (QED) is 0.487. The Morgan fingerprint density at radius 2 is 1.83 bits per heavy atom. The van der Waals surface area contributed by atoms with Crippen LogP contribution in [-0.2, 0) is 4.79 Å². The third-order valence-electron chi connectivity index (χ3n) is 4.99. The molecule has 152 valence electrons. The number of amides is 1. The van der Waals surface area contributed by atoms with Crippen molar-refractivity contribution >= 4 is 34.5 Å². The third-order valence-corrected chi connectivity index (χ3v) is 5.73. The van der Waals surface area contributed by atoms with Gasteiger partial charge in [0.15, 0.2) is 11.5 Å². The fraction of sp³-hybridized carbons (Fsp3) is 0.182. The predicted molar refractivity (Wildman–Crippen MR) is 120 cm³/mol. The number of rotatable bonds is 4. The monoisotopic (exact) mass is 419 g/mol. The number of thioether (sulfide) groups is 1. The molecule has 0 aliphatic carbocycles. The minimum atomic E-state index is -0.308. The molecule has 30 heavy (non-hydrogen) atoms. The molecule has 2 aromatic heterocycles. The van der Waals surface area contributed by atoms with Crippen molar-refractivity contribution in [3.05, 3.63) is 63.9 Å². The lowest BCUT2D eigenvalue weighted by molar-refractivity contribution is -0.114. The second-order valence-electron chi connectivity index (χ2n) is 7.05. The lowest BCUT2D eigenvalue weighted by Gasteiger charge is -2.14. The van der Waals surface area contributed by atoms with Crippen LogP contribution in [0.4, 0.5) is 5.82 Å². The molecule has 4 aromatic rings. The highest BCUT2D eigenvalue weighted by Crippen LogP contribution is 2.26. The van der Waals surface area contributed by atoms with Gasteiger partial charge in [0, 0.05) is 17.4 Å². The SMILES string of the molecule is CSc1ccc(-c2nc3[nH]nc(NC(C)=O)c3c(=O)n2-c2ccc(C)c(C)c2)cc1. The van der Waals surface area contributed by atoms with Gasteiger partial charge in [0.2, 0.25) is 5.91 Å². The molecule has 0 aliphatic heterocycles. The van der Waals surface area contributed by atoms with Crippen molar-refractivity contribution in [3.8, 4) is 17.1 Å². The van der Waals surface area contributed by atoms with Crippen molar-refractivity contribution in [2.45, 2.75) is 25.7 Å². The number of anilines is 1. The van der Waals surface area contributed by atoms with E-state index in [4.69, 9.17) is 4.98 Å². The maximum atomic E-state index is 13.6. The Bertz CT molecular complexity index is 1320. The molecule has 4 rings (SSSR count). The standard InChI is InChI=1S/C22H21N5O2S/c1-12-5-8-16(11-13(12)2)27-21(15-6-9-17(30-4)10-7-15)24-20-18(22(27)29)19(25-26-20)23-14(3)28/h5-11H,1-4H3,(H2,23,25,26,28). The third kappa shape index (κ3) is 3.50. The zero-order valence-corrected chi connectivity index (χ0v) is 17.9. The van der Waals surface area contributed by atoms with Gasteiger partial charge in [-0.25, -0.2) is 4.98 Å². The molecule has 0 spiro atoms. The van der Waals surface area contributed by atoms with Crippen LogP contribution in [0.1, 0.15) is 18.1 Å². The number of aromatic amines is 1. The molecular formula is C22H21N5O2S. The molecule has 0 atom stereocenters. The number of carbonyl (C=O) groups is 1. The van der Waals surface area contributed by atoms with Gasteiger partial charge in [-0.05, 0) is 55.5 Å². The van der Waals surface area contributed by atoms with Gasteiger partial charge in [-0.2, -0.15) is 5.10 Å². The first-order valence-corrected chi connectivity index (χ1v) is 10.6. The van der Waals surface area contributed by atoms with Crippen LogP contribution in [0.3, 0.4) is 0 Å². The van der Waals surface area contributed by atoms with Crippen LogP contribution in [0.15, 0.2) is 52.2 Å². The van der Waals surface area contributed by atoms with Crippen molar-refractivity contribution < 1.29 is 4.79 Å². The first-order valence-electron chi connectivity index (χ1n) is 9.40. The lowest BCUT2D eigenvalue weighted by Crippen LogP contribution is -2.23. The number of nitrogens with zero attached hydrogens (tertiary/aromatic N) is 3. The van der Waals surface area contributed by atoms with Gasteiger partial charge in [0.1, 0.15) is 11.2 Å². The summed E-state index contributed by atoms with van der Waals surface area (Å²) in [6.07, 6.45) is 2.01.